The molecule has 1 aromatic heterocycles. The smallest absolute Gasteiger partial charge is 0.416 e. The number of nitrogens with zero attached hydrogens (tertiary/aromatic N) is 1. The maximum Gasteiger partial charge on any atom is 0.416 e. The molecule has 0 radical (unpaired) electrons. The fourth-order valence-corrected chi connectivity index (χ4v) is 6.52. The third-order valence-electron chi connectivity index (χ3n) is 8.32. The quantitative estimate of drug-likeness (QED) is 0.392. The lowest BCUT2D eigenvalue weighted by atomic mass is 9.84. The van der Waals surface area contributed by atoms with Crippen molar-refractivity contribution in [3.8, 4) is 5.88 Å². The van der Waals surface area contributed by atoms with Crippen molar-refractivity contribution in [1.29, 1.82) is 0 Å². The average molecular weight is 512 g/mol. The van der Waals surface area contributed by atoms with E-state index in [2.05, 4.69) is 4.98 Å². The van der Waals surface area contributed by atoms with E-state index >= 15 is 4.39 Å². The van der Waals surface area contributed by atoms with Gasteiger partial charge in [0.1, 0.15) is 12.4 Å². The fraction of sp³-hybridized carbons (Fsp3) is 0.379. The number of aliphatic carboxylic acids is 1. The Bertz CT molecular complexity index is 1430. The summed E-state index contributed by atoms with van der Waals surface area (Å²) in [6.07, 6.45) is -1.76. The van der Waals surface area contributed by atoms with Gasteiger partial charge < -0.3 is 9.84 Å². The van der Waals surface area contributed by atoms with E-state index < -0.39 is 34.9 Å². The molecule has 37 heavy (non-hydrogen) atoms. The van der Waals surface area contributed by atoms with Gasteiger partial charge >= 0.3 is 12.1 Å². The highest BCUT2D eigenvalue weighted by Gasteiger charge is 2.60. The van der Waals surface area contributed by atoms with Gasteiger partial charge in [0, 0.05) is 29.7 Å². The summed E-state index contributed by atoms with van der Waals surface area (Å²) in [5.74, 6) is -1.71. The van der Waals surface area contributed by atoms with Crippen LogP contribution < -0.4 is 4.74 Å². The van der Waals surface area contributed by atoms with Crippen LogP contribution in [-0.4, -0.2) is 16.1 Å². The summed E-state index contributed by atoms with van der Waals surface area (Å²) in [6.45, 7) is 3.72. The topological polar surface area (TPSA) is 59.4 Å². The van der Waals surface area contributed by atoms with Gasteiger partial charge in [-0.25, -0.2) is 9.37 Å². The first-order valence-corrected chi connectivity index (χ1v) is 12.3. The highest BCUT2D eigenvalue weighted by molar-refractivity contribution is 5.77. The lowest BCUT2D eigenvalue weighted by Crippen LogP contribution is -2.14. The van der Waals surface area contributed by atoms with Crippen molar-refractivity contribution in [1.82, 2.24) is 4.98 Å². The number of halogens is 4. The number of hydrogen-bond donors (Lipinski definition) is 1. The minimum absolute atomic E-state index is 0.00284. The number of benzene rings is 2. The highest BCUT2D eigenvalue weighted by Crippen LogP contribution is 2.61. The van der Waals surface area contributed by atoms with E-state index in [1.54, 1.807) is 24.4 Å². The second-order valence-electron chi connectivity index (χ2n) is 11.0. The molecular weight excluding hydrogens is 486 g/mol. The third kappa shape index (κ3) is 3.88. The van der Waals surface area contributed by atoms with E-state index in [0.717, 1.165) is 17.2 Å². The van der Waals surface area contributed by atoms with E-state index in [0.29, 0.717) is 29.8 Å². The number of aromatic nitrogens is 1. The number of rotatable bonds is 5. The Labute approximate surface area is 211 Å². The maximum atomic E-state index is 15.1. The first-order chi connectivity index (χ1) is 17.5. The van der Waals surface area contributed by atoms with Crippen LogP contribution in [0.3, 0.4) is 0 Å². The number of ether oxygens (including phenoxy) is 1. The number of pyridine rings is 1. The molecule has 0 bridgehead atoms. The Morgan fingerprint density at radius 2 is 1.89 bits per heavy atom. The lowest BCUT2D eigenvalue weighted by Gasteiger charge is -2.21. The van der Waals surface area contributed by atoms with Crippen molar-refractivity contribution in [2.24, 2.45) is 11.8 Å². The molecule has 3 aliphatic carbocycles. The standard InChI is InChI=1S/C29H25F4NO3/c1-28(2)11-19(16-5-3-4-6-21(16)29(31,32)33)17-8-15(23(30)10-22(17)28)13-37-24-9-14-7-18-25(20(14)12-34-24)26(18)27(35)36/h3-6,8-10,12,18-19,25-26H,7,11,13H2,1-2H3,(H,35,36). The zero-order chi connectivity index (χ0) is 26.3. The van der Waals surface area contributed by atoms with E-state index in [9.17, 15) is 23.1 Å². The number of carboxylic acid groups (broad SMARTS) is 1. The molecule has 1 saturated carbocycles. The Kier molecular flexibility index (Phi) is 5.20. The summed E-state index contributed by atoms with van der Waals surface area (Å²) in [6, 6.07) is 10.4. The van der Waals surface area contributed by atoms with Gasteiger partial charge in [0.05, 0.1) is 11.5 Å². The second-order valence-corrected chi connectivity index (χ2v) is 11.0. The van der Waals surface area contributed by atoms with E-state index in [4.69, 9.17) is 4.74 Å². The monoisotopic (exact) mass is 511 g/mol. The Morgan fingerprint density at radius 3 is 2.62 bits per heavy atom. The number of hydrogen-bond acceptors (Lipinski definition) is 3. The minimum atomic E-state index is -4.49. The van der Waals surface area contributed by atoms with Crippen molar-refractivity contribution in [3.63, 3.8) is 0 Å². The first kappa shape index (κ1) is 23.9. The summed E-state index contributed by atoms with van der Waals surface area (Å²) in [4.78, 5) is 15.6. The van der Waals surface area contributed by atoms with Crippen LogP contribution in [0.2, 0.25) is 0 Å². The molecule has 4 unspecified atom stereocenters. The third-order valence-corrected chi connectivity index (χ3v) is 8.32. The van der Waals surface area contributed by atoms with Gasteiger partial charge in [-0.05, 0) is 70.2 Å². The molecule has 3 aromatic rings. The van der Waals surface area contributed by atoms with Crippen molar-refractivity contribution < 1.29 is 32.2 Å². The summed E-state index contributed by atoms with van der Waals surface area (Å²) in [5, 5.41) is 9.28. The SMILES string of the molecule is CC1(C)CC(c2ccccc2C(F)(F)F)c2cc(COc3cc4c(cn3)C3C(C4)C3C(=O)O)c(F)cc21. The molecule has 8 heteroatoms. The summed E-state index contributed by atoms with van der Waals surface area (Å²) in [7, 11) is 0. The van der Waals surface area contributed by atoms with Gasteiger partial charge in [-0.15, -0.1) is 0 Å². The lowest BCUT2D eigenvalue weighted by molar-refractivity contribution is -0.139. The van der Waals surface area contributed by atoms with Crippen LogP contribution in [0.4, 0.5) is 17.6 Å². The zero-order valence-corrected chi connectivity index (χ0v) is 20.3. The van der Waals surface area contributed by atoms with Crippen LogP contribution in [0.25, 0.3) is 0 Å². The normalized spacial score (nSPS) is 24.8. The van der Waals surface area contributed by atoms with E-state index in [1.165, 1.54) is 18.2 Å². The number of carboxylic acids is 1. The molecule has 6 rings (SSSR count). The van der Waals surface area contributed by atoms with Crippen LogP contribution in [0.5, 0.6) is 5.88 Å². The van der Waals surface area contributed by atoms with Crippen LogP contribution in [0, 0.1) is 17.7 Å². The molecule has 4 atom stereocenters. The summed E-state index contributed by atoms with van der Waals surface area (Å²) >= 11 is 0. The molecule has 1 heterocycles. The molecule has 2 aromatic carbocycles. The molecular formula is C29H25F4NO3. The molecule has 192 valence electrons. The van der Waals surface area contributed by atoms with Crippen LogP contribution in [0.1, 0.15) is 71.0 Å². The van der Waals surface area contributed by atoms with Crippen molar-refractivity contribution in [2.45, 2.75) is 56.7 Å². The summed E-state index contributed by atoms with van der Waals surface area (Å²) in [5.41, 5.74) is 2.60. The Hall–Kier alpha value is -3.42. The van der Waals surface area contributed by atoms with Crippen LogP contribution >= 0.6 is 0 Å². The van der Waals surface area contributed by atoms with Gasteiger partial charge in [-0.1, -0.05) is 32.0 Å². The predicted octanol–water partition coefficient (Wildman–Crippen LogP) is 6.60. The second kappa shape index (κ2) is 8.04. The number of fused-ring (bicyclic) bond motifs is 4. The van der Waals surface area contributed by atoms with Crippen LogP contribution in [0.15, 0.2) is 48.7 Å². The minimum Gasteiger partial charge on any atom is -0.481 e. The predicted molar refractivity (Wildman–Crippen MR) is 127 cm³/mol. The number of alkyl halides is 3. The van der Waals surface area contributed by atoms with Crippen LogP contribution in [-0.2, 0) is 29.4 Å². The Morgan fingerprint density at radius 1 is 1.14 bits per heavy atom. The molecule has 0 amide bonds. The summed E-state index contributed by atoms with van der Waals surface area (Å²) < 4.78 is 62.3. The van der Waals surface area contributed by atoms with Gasteiger partial charge in [0.2, 0.25) is 5.88 Å². The fourth-order valence-electron chi connectivity index (χ4n) is 6.52. The average Bonchev–Trinajstić information content (AvgIpc) is 3.33. The van der Waals surface area contributed by atoms with E-state index in [-0.39, 0.29) is 35.5 Å². The molecule has 4 nitrogen and oxygen atoms in total. The molecule has 0 aliphatic heterocycles. The molecule has 1 fully saturated rings. The van der Waals surface area contributed by atoms with E-state index in [1.807, 2.05) is 13.8 Å². The highest BCUT2D eigenvalue weighted by atomic mass is 19.4. The van der Waals surface area contributed by atoms with Crippen molar-refractivity contribution in [3.05, 3.63) is 93.4 Å². The van der Waals surface area contributed by atoms with Gasteiger partial charge in [0.25, 0.3) is 0 Å². The molecule has 0 spiro atoms. The maximum absolute atomic E-state index is 15.1. The number of carbonyl (C=O) groups is 1. The first-order valence-electron chi connectivity index (χ1n) is 12.3. The van der Waals surface area contributed by atoms with Crippen molar-refractivity contribution >= 4 is 5.97 Å². The van der Waals surface area contributed by atoms with Crippen molar-refractivity contribution in [2.75, 3.05) is 0 Å². The zero-order valence-electron chi connectivity index (χ0n) is 20.3. The molecule has 0 saturated heterocycles. The largest absolute Gasteiger partial charge is 0.481 e. The Balaban J connectivity index is 1.28. The molecule has 1 N–H and O–H groups in total. The molecule has 3 aliphatic rings. The van der Waals surface area contributed by atoms with Gasteiger partial charge in [-0.3, -0.25) is 4.79 Å². The van der Waals surface area contributed by atoms with Gasteiger partial charge in [0.15, 0.2) is 0 Å². The van der Waals surface area contributed by atoms with Gasteiger partial charge in [-0.2, -0.15) is 13.2 Å².